The fraction of sp³-hybridized carbons (Fsp3) is 0.550. The first-order chi connectivity index (χ1) is 36.3. The Labute approximate surface area is 439 Å². The quantitative estimate of drug-likeness (QED) is 0.0309. The van der Waals surface area contributed by atoms with Gasteiger partial charge in [-0.3, -0.25) is 4.90 Å². The Morgan fingerprint density at radius 3 is 2.30 bits per heavy atom. The van der Waals surface area contributed by atoms with Crippen molar-refractivity contribution in [2.24, 2.45) is 22.9 Å². The highest BCUT2D eigenvalue weighted by Crippen LogP contribution is 2.62. The minimum absolute atomic E-state index is 0.00189. The highest BCUT2D eigenvalue weighted by Gasteiger charge is 2.66. The lowest BCUT2D eigenvalue weighted by Crippen LogP contribution is -2.70. The number of carbonyl (C=O) groups is 2. The standard InChI is InChI=1S/C60H81N3O11/c1-4-7-9-10-11-12-13-14-15-21-32-61-58(66)73-47-29-31-52-50(39-47)56-48(27-20-23-34-65)46(26-19-22-33-64)38-49-51(62-72-42-44-24-17-16-18-25-44)40-55(60(74-52,57(49)56)71-35-6-3)63(59(67)68-36-8-5-2)41-45-28-30-53-54(37-45)70-43-69-53/h5-6,16-18,24-25,28-31,37-39,46,48,55-57,64-65H,2-4,7-15,19-23,26-27,32-36,40-43H2,1H3,(H,61,66)/t46-,48+,55-,56+,57+,60+/m0/s1. The third-order valence-corrected chi connectivity index (χ3v) is 14.9. The molecule has 7 rings (SSSR count). The second-order valence-electron chi connectivity index (χ2n) is 20.0. The van der Waals surface area contributed by atoms with Crippen molar-refractivity contribution in [3.8, 4) is 23.0 Å². The number of hydrogen-bond acceptors (Lipinski definition) is 12. The molecule has 14 nitrogen and oxygen atoms in total. The van der Waals surface area contributed by atoms with Crippen LogP contribution in [0.3, 0.4) is 0 Å². The Kier molecular flexibility index (Phi) is 22.1. The molecule has 3 aromatic carbocycles. The van der Waals surface area contributed by atoms with Crippen molar-refractivity contribution < 1.29 is 53.1 Å². The smallest absolute Gasteiger partial charge is 0.412 e. The number of aliphatic hydroxyl groups excluding tert-OH is 2. The summed E-state index contributed by atoms with van der Waals surface area (Å²) >= 11 is 0. The number of oxime groups is 1. The number of nitrogens with zero attached hydrogens (tertiary/aromatic N) is 2. The first-order valence-corrected chi connectivity index (χ1v) is 27.5. The lowest BCUT2D eigenvalue weighted by Gasteiger charge is -2.59. The van der Waals surface area contributed by atoms with Crippen molar-refractivity contribution in [3.05, 3.63) is 120 Å². The van der Waals surface area contributed by atoms with Gasteiger partial charge in [0.15, 0.2) is 11.5 Å². The van der Waals surface area contributed by atoms with E-state index in [2.05, 4.69) is 31.5 Å². The van der Waals surface area contributed by atoms with Gasteiger partial charge in [-0.2, -0.15) is 0 Å². The first-order valence-electron chi connectivity index (χ1n) is 27.5. The van der Waals surface area contributed by atoms with Crippen molar-refractivity contribution in [1.29, 1.82) is 0 Å². The van der Waals surface area contributed by atoms with Gasteiger partial charge in [-0.05, 0) is 97.4 Å². The molecule has 0 aromatic heterocycles. The Morgan fingerprint density at radius 1 is 0.824 bits per heavy atom. The zero-order chi connectivity index (χ0) is 52.0. The van der Waals surface area contributed by atoms with E-state index in [1.54, 1.807) is 23.1 Å². The van der Waals surface area contributed by atoms with Crippen LogP contribution in [0.2, 0.25) is 0 Å². The normalized spacial score (nSPS) is 21.6. The molecule has 402 valence electrons. The van der Waals surface area contributed by atoms with Crippen LogP contribution in [0.25, 0.3) is 0 Å². The maximum atomic E-state index is 14.9. The van der Waals surface area contributed by atoms with E-state index in [-0.39, 0.29) is 70.5 Å². The number of amides is 2. The minimum atomic E-state index is -1.55. The Bertz CT molecular complexity index is 2320. The second-order valence-corrected chi connectivity index (χ2v) is 20.0. The van der Waals surface area contributed by atoms with Gasteiger partial charge in [-0.1, -0.05) is 137 Å². The molecule has 0 saturated heterocycles. The molecule has 1 fully saturated rings. The third kappa shape index (κ3) is 14.7. The highest BCUT2D eigenvalue weighted by molar-refractivity contribution is 6.03. The highest BCUT2D eigenvalue weighted by atomic mass is 16.7. The molecule has 4 aliphatic rings. The molecule has 1 saturated carbocycles. The number of unbranched alkanes of at least 4 members (excludes halogenated alkanes) is 11. The summed E-state index contributed by atoms with van der Waals surface area (Å²) in [5.74, 6) is -0.443. The number of fused-ring (bicyclic) bond motifs is 3. The number of ether oxygens (including phenoxy) is 6. The molecule has 74 heavy (non-hydrogen) atoms. The average molecular weight is 1020 g/mol. The summed E-state index contributed by atoms with van der Waals surface area (Å²) in [6, 6.07) is 20.1. The number of benzene rings is 3. The van der Waals surface area contributed by atoms with Gasteiger partial charge in [0.2, 0.25) is 12.6 Å². The molecule has 0 unspecified atom stereocenters. The summed E-state index contributed by atoms with van der Waals surface area (Å²) in [5, 5.41) is 28.1. The van der Waals surface area contributed by atoms with Crippen molar-refractivity contribution in [2.75, 3.05) is 39.8 Å². The Balaban J connectivity index is 1.30. The Morgan fingerprint density at radius 2 is 1.55 bits per heavy atom. The van der Waals surface area contributed by atoms with Crippen LogP contribution in [0, 0.1) is 17.8 Å². The first kappa shape index (κ1) is 55.9. The predicted molar refractivity (Wildman–Crippen MR) is 286 cm³/mol. The molecular formula is C60H81N3O11. The maximum absolute atomic E-state index is 14.9. The predicted octanol–water partition coefficient (Wildman–Crippen LogP) is 12.5. The summed E-state index contributed by atoms with van der Waals surface area (Å²) in [6.45, 7) is 11.4. The number of hydrogen-bond donors (Lipinski definition) is 3. The maximum Gasteiger partial charge on any atom is 0.412 e. The molecule has 0 radical (unpaired) electrons. The third-order valence-electron chi connectivity index (χ3n) is 14.9. The van der Waals surface area contributed by atoms with Gasteiger partial charge in [-0.15, -0.1) is 13.2 Å². The van der Waals surface area contributed by atoms with Crippen molar-refractivity contribution in [1.82, 2.24) is 10.2 Å². The van der Waals surface area contributed by atoms with Crippen LogP contribution in [-0.4, -0.2) is 84.6 Å². The Hall–Kier alpha value is -5.83. The van der Waals surface area contributed by atoms with Crippen LogP contribution in [0.15, 0.2) is 109 Å². The van der Waals surface area contributed by atoms with Gasteiger partial charge in [0.25, 0.3) is 0 Å². The number of allylic oxidation sites excluding steroid dienone is 1. The lowest BCUT2D eigenvalue weighted by atomic mass is 9.55. The van der Waals surface area contributed by atoms with Gasteiger partial charge in [0.05, 0.1) is 24.8 Å². The van der Waals surface area contributed by atoms with Gasteiger partial charge in [-0.25, -0.2) is 9.59 Å². The molecule has 3 N–H and O–H groups in total. The van der Waals surface area contributed by atoms with Gasteiger partial charge in [0, 0.05) is 44.2 Å². The molecule has 14 heteroatoms. The van der Waals surface area contributed by atoms with Crippen molar-refractivity contribution in [3.63, 3.8) is 0 Å². The second kappa shape index (κ2) is 29.3. The summed E-state index contributed by atoms with van der Waals surface area (Å²) in [6.07, 6.45) is 21.5. The van der Waals surface area contributed by atoms with E-state index < -0.39 is 29.9 Å². The van der Waals surface area contributed by atoms with Gasteiger partial charge >= 0.3 is 12.2 Å². The zero-order valence-corrected chi connectivity index (χ0v) is 43.7. The molecule has 2 amide bonds. The fourth-order valence-corrected chi connectivity index (χ4v) is 11.3. The van der Waals surface area contributed by atoms with Crippen LogP contribution >= 0.6 is 0 Å². The van der Waals surface area contributed by atoms with E-state index in [9.17, 15) is 19.8 Å². The van der Waals surface area contributed by atoms with E-state index in [1.807, 2.05) is 60.7 Å². The SMILES string of the molecule is C=CCCOC(=O)N(Cc1ccc2c(c1)OCO2)[C@H]1CC(=NOCc2ccccc2)C2=C[C@H](CCCCO)[C@@H](CCCCO)[C@@H]3c4cc(OC(=O)NCCCCCCCCCCCC)ccc4O[C@@]1(OCC=C)[C@H]23. The van der Waals surface area contributed by atoms with Crippen LogP contribution in [0.4, 0.5) is 9.59 Å². The summed E-state index contributed by atoms with van der Waals surface area (Å²) < 4.78 is 38.2. The lowest BCUT2D eigenvalue weighted by molar-refractivity contribution is -0.256. The summed E-state index contributed by atoms with van der Waals surface area (Å²) in [7, 11) is 0. The molecular weight excluding hydrogens is 939 g/mol. The number of aliphatic hydroxyl groups is 2. The van der Waals surface area contributed by atoms with Crippen LogP contribution in [0.1, 0.15) is 145 Å². The molecule has 3 aromatic rings. The monoisotopic (exact) mass is 1020 g/mol. The molecule has 0 spiro atoms. The van der Waals surface area contributed by atoms with Gasteiger partial charge in [0.1, 0.15) is 24.1 Å². The largest absolute Gasteiger partial charge is 0.459 e. The molecule has 0 bridgehead atoms. The van der Waals surface area contributed by atoms with Crippen molar-refractivity contribution >= 4 is 17.9 Å². The summed E-state index contributed by atoms with van der Waals surface area (Å²) in [4.78, 5) is 36.4. The van der Waals surface area contributed by atoms with Crippen LogP contribution in [-0.2, 0) is 27.5 Å². The number of carbonyl (C=O) groups excluding carboxylic acids is 2. The molecule has 2 aliphatic heterocycles. The van der Waals surface area contributed by atoms with Crippen molar-refractivity contribution in [2.45, 2.75) is 153 Å². The van der Waals surface area contributed by atoms with Crippen LogP contribution < -0.4 is 24.3 Å². The van der Waals surface area contributed by atoms with E-state index >= 15 is 0 Å². The fourth-order valence-electron chi connectivity index (χ4n) is 11.3. The van der Waals surface area contributed by atoms with E-state index in [0.29, 0.717) is 54.5 Å². The number of rotatable bonds is 32. The van der Waals surface area contributed by atoms with E-state index in [0.717, 1.165) is 67.2 Å². The summed E-state index contributed by atoms with van der Waals surface area (Å²) in [5.41, 5.74) is 4.06. The van der Waals surface area contributed by atoms with Gasteiger partial charge < -0.3 is 48.8 Å². The minimum Gasteiger partial charge on any atom is -0.459 e. The van der Waals surface area contributed by atoms with E-state index in [1.165, 1.54) is 44.9 Å². The topological polar surface area (TPSA) is 167 Å². The average Bonchev–Trinajstić information content (AvgIpc) is 3.92. The molecule has 6 atom stereocenters. The van der Waals surface area contributed by atoms with E-state index in [4.69, 9.17) is 38.4 Å². The molecule has 2 heterocycles. The molecule has 2 aliphatic carbocycles. The number of nitrogens with one attached hydrogen (secondary N) is 1. The zero-order valence-electron chi connectivity index (χ0n) is 43.7. The van der Waals surface area contributed by atoms with Crippen LogP contribution in [0.5, 0.6) is 23.0 Å².